The summed E-state index contributed by atoms with van der Waals surface area (Å²) in [5.41, 5.74) is 0.532. The van der Waals surface area contributed by atoms with Crippen LogP contribution in [0.15, 0.2) is 30.5 Å². The normalized spacial score (nSPS) is 14.2. The van der Waals surface area contributed by atoms with Crippen molar-refractivity contribution in [1.29, 1.82) is 0 Å². The number of hydrogen-bond acceptors (Lipinski definition) is 7. The first-order chi connectivity index (χ1) is 12.7. The van der Waals surface area contributed by atoms with E-state index in [1.807, 2.05) is 4.90 Å². The van der Waals surface area contributed by atoms with E-state index in [-0.39, 0.29) is 18.5 Å². The van der Waals surface area contributed by atoms with Crippen molar-refractivity contribution in [3.8, 4) is 0 Å². The van der Waals surface area contributed by atoms with Crippen LogP contribution in [0.5, 0.6) is 0 Å². The molecule has 0 radical (unpaired) electrons. The van der Waals surface area contributed by atoms with Gasteiger partial charge in [0.15, 0.2) is 5.82 Å². The summed E-state index contributed by atoms with van der Waals surface area (Å²) in [6.07, 6.45) is 1.29. The summed E-state index contributed by atoms with van der Waals surface area (Å²) in [5, 5.41) is 10.9. The van der Waals surface area contributed by atoms with Crippen LogP contribution in [0.2, 0.25) is 0 Å². The van der Waals surface area contributed by atoms with Gasteiger partial charge >= 0.3 is 6.09 Å². The third kappa shape index (κ3) is 4.35. The molecule has 0 atom stereocenters. The highest BCUT2D eigenvalue weighted by atomic mass is 19.1. The molecule has 1 amide bonds. The van der Waals surface area contributed by atoms with Crippen LogP contribution in [0.4, 0.5) is 21.0 Å². The summed E-state index contributed by atoms with van der Waals surface area (Å²) in [6.45, 7) is 4.80. The highest BCUT2D eigenvalue weighted by Crippen LogP contribution is 2.15. The van der Waals surface area contributed by atoms with Crippen LogP contribution in [-0.2, 0) is 11.3 Å². The van der Waals surface area contributed by atoms with Gasteiger partial charge < -0.3 is 19.9 Å². The summed E-state index contributed by atoms with van der Waals surface area (Å²) in [4.78, 5) is 19.9. The Morgan fingerprint density at radius 2 is 2.04 bits per heavy atom. The molecular formula is C17H21FN6O2. The second-order valence-electron chi connectivity index (χ2n) is 5.76. The van der Waals surface area contributed by atoms with Crippen molar-refractivity contribution in [3.05, 3.63) is 41.8 Å². The van der Waals surface area contributed by atoms with Gasteiger partial charge in [0.1, 0.15) is 5.82 Å². The number of rotatable bonds is 5. The maximum absolute atomic E-state index is 13.7. The smallest absolute Gasteiger partial charge is 0.409 e. The van der Waals surface area contributed by atoms with E-state index in [9.17, 15) is 9.18 Å². The van der Waals surface area contributed by atoms with Gasteiger partial charge in [-0.15, -0.1) is 5.10 Å². The van der Waals surface area contributed by atoms with Crippen LogP contribution in [-0.4, -0.2) is 59.0 Å². The lowest BCUT2D eigenvalue weighted by atomic mass is 10.2. The van der Waals surface area contributed by atoms with Crippen molar-refractivity contribution in [2.45, 2.75) is 13.5 Å². The molecule has 2 aromatic rings. The molecule has 0 spiro atoms. The molecule has 1 N–H and O–H groups in total. The zero-order valence-corrected chi connectivity index (χ0v) is 14.6. The summed E-state index contributed by atoms with van der Waals surface area (Å²) >= 11 is 0. The Hall–Kier alpha value is -2.97. The van der Waals surface area contributed by atoms with E-state index in [0.29, 0.717) is 50.1 Å². The quantitative estimate of drug-likeness (QED) is 0.872. The van der Waals surface area contributed by atoms with Crippen molar-refractivity contribution in [2.24, 2.45) is 0 Å². The minimum Gasteiger partial charge on any atom is -0.450 e. The second kappa shape index (κ2) is 8.41. The first kappa shape index (κ1) is 17.8. The molecule has 1 aromatic heterocycles. The number of hydrogen-bond donors (Lipinski definition) is 1. The molecule has 0 aliphatic carbocycles. The van der Waals surface area contributed by atoms with E-state index < -0.39 is 0 Å². The fourth-order valence-corrected chi connectivity index (χ4v) is 2.67. The molecule has 138 valence electrons. The van der Waals surface area contributed by atoms with Gasteiger partial charge in [-0.2, -0.15) is 10.1 Å². The van der Waals surface area contributed by atoms with Crippen molar-refractivity contribution >= 4 is 17.9 Å². The summed E-state index contributed by atoms with van der Waals surface area (Å²) in [6, 6.07) is 6.54. The predicted octanol–water partition coefficient (Wildman–Crippen LogP) is 1.90. The third-order valence-corrected chi connectivity index (χ3v) is 4.07. The lowest BCUT2D eigenvalue weighted by molar-refractivity contribution is 0.105. The monoisotopic (exact) mass is 360 g/mol. The van der Waals surface area contributed by atoms with E-state index in [1.165, 1.54) is 6.07 Å². The average Bonchev–Trinajstić information content (AvgIpc) is 2.68. The molecule has 1 aliphatic heterocycles. The molecule has 0 saturated carbocycles. The van der Waals surface area contributed by atoms with Crippen LogP contribution in [0.1, 0.15) is 12.5 Å². The van der Waals surface area contributed by atoms with E-state index >= 15 is 0 Å². The topological polar surface area (TPSA) is 83.5 Å². The molecule has 2 heterocycles. The van der Waals surface area contributed by atoms with E-state index in [2.05, 4.69) is 20.5 Å². The highest BCUT2D eigenvalue weighted by Gasteiger charge is 2.23. The van der Waals surface area contributed by atoms with Crippen LogP contribution >= 0.6 is 0 Å². The van der Waals surface area contributed by atoms with E-state index in [0.717, 1.165) is 0 Å². The fourth-order valence-electron chi connectivity index (χ4n) is 2.67. The van der Waals surface area contributed by atoms with Gasteiger partial charge in [-0.1, -0.05) is 18.2 Å². The standard InChI is InChI=1S/C17H21FN6O2/c1-2-26-17(25)24-9-7-23(8-10-24)15-12-20-22-16(21-15)19-11-13-5-3-4-6-14(13)18/h3-6,12H,2,7-11H2,1H3,(H,19,21,22). The average molecular weight is 360 g/mol. The van der Waals surface area contributed by atoms with Crippen molar-refractivity contribution < 1.29 is 13.9 Å². The van der Waals surface area contributed by atoms with Crippen molar-refractivity contribution in [1.82, 2.24) is 20.1 Å². The largest absolute Gasteiger partial charge is 0.450 e. The van der Waals surface area contributed by atoms with Crippen LogP contribution in [0.3, 0.4) is 0 Å². The number of nitrogens with zero attached hydrogens (tertiary/aromatic N) is 5. The lowest BCUT2D eigenvalue weighted by Crippen LogP contribution is -2.49. The Bertz CT molecular complexity index is 752. The number of aromatic nitrogens is 3. The summed E-state index contributed by atoms with van der Waals surface area (Å²) < 4.78 is 18.7. The van der Waals surface area contributed by atoms with Crippen molar-refractivity contribution in [2.75, 3.05) is 43.0 Å². The lowest BCUT2D eigenvalue weighted by Gasteiger charge is -2.34. The number of carbonyl (C=O) groups excluding carboxylic acids is 1. The fraction of sp³-hybridized carbons (Fsp3) is 0.412. The van der Waals surface area contributed by atoms with Gasteiger partial charge in [0.05, 0.1) is 12.8 Å². The number of halogens is 1. The number of nitrogens with one attached hydrogen (secondary N) is 1. The zero-order chi connectivity index (χ0) is 18.4. The molecule has 8 nitrogen and oxygen atoms in total. The molecule has 26 heavy (non-hydrogen) atoms. The Labute approximate surface area is 151 Å². The van der Waals surface area contributed by atoms with Crippen LogP contribution in [0.25, 0.3) is 0 Å². The number of piperazine rings is 1. The number of amides is 1. The maximum Gasteiger partial charge on any atom is 0.409 e. The van der Waals surface area contributed by atoms with Gasteiger partial charge in [0.25, 0.3) is 0 Å². The SMILES string of the molecule is CCOC(=O)N1CCN(c2cnnc(NCc3ccccc3F)n2)CC1. The van der Waals surface area contributed by atoms with E-state index in [4.69, 9.17) is 4.74 Å². The highest BCUT2D eigenvalue weighted by molar-refractivity contribution is 5.68. The Balaban J connectivity index is 1.58. The molecule has 0 unspecified atom stereocenters. The molecule has 1 fully saturated rings. The number of benzene rings is 1. The number of anilines is 2. The number of carbonyl (C=O) groups is 1. The molecule has 3 rings (SSSR count). The van der Waals surface area contributed by atoms with Gasteiger partial charge in [-0.3, -0.25) is 0 Å². The molecule has 0 bridgehead atoms. The van der Waals surface area contributed by atoms with Gasteiger partial charge in [0.2, 0.25) is 5.95 Å². The molecule has 1 saturated heterocycles. The van der Waals surface area contributed by atoms with Gasteiger partial charge in [-0.25, -0.2) is 9.18 Å². The Morgan fingerprint density at radius 3 is 2.77 bits per heavy atom. The molecule has 1 aliphatic rings. The minimum atomic E-state index is -0.291. The Morgan fingerprint density at radius 1 is 1.27 bits per heavy atom. The summed E-state index contributed by atoms with van der Waals surface area (Å²) in [7, 11) is 0. The maximum atomic E-state index is 13.7. The Kier molecular flexibility index (Phi) is 5.77. The van der Waals surface area contributed by atoms with E-state index in [1.54, 1.807) is 36.2 Å². The molecular weight excluding hydrogens is 339 g/mol. The van der Waals surface area contributed by atoms with Crippen LogP contribution < -0.4 is 10.2 Å². The predicted molar refractivity (Wildman–Crippen MR) is 94.4 cm³/mol. The second-order valence-corrected chi connectivity index (χ2v) is 5.76. The minimum absolute atomic E-state index is 0.272. The van der Waals surface area contributed by atoms with Gasteiger partial charge in [-0.05, 0) is 13.0 Å². The van der Waals surface area contributed by atoms with Crippen molar-refractivity contribution in [3.63, 3.8) is 0 Å². The number of ether oxygens (including phenoxy) is 1. The first-order valence-electron chi connectivity index (χ1n) is 8.51. The van der Waals surface area contributed by atoms with Gasteiger partial charge in [0, 0.05) is 38.3 Å². The molecule has 9 heteroatoms. The van der Waals surface area contributed by atoms with Crippen LogP contribution in [0, 0.1) is 5.82 Å². The molecule has 1 aromatic carbocycles. The third-order valence-electron chi connectivity index (χ3n) is 4.07. The zero-order valence-electron chi connectivity index (χ0n) is 14.6. The summed E-state index contributed by atoms with van der Waals surface area (Å²) in [5.74, 6) is 0.720. The first-order valence-corrected chi connectivity index (χ1v) is 8.51.